The zero-order chi connectivity index (χ0) is 21.9. The van der Waals surface area contributed by atoms with E-state index in [0.717, 1.165) is 32.1 Å². The Bertz CT molecular complexity index is 729. The number of nitrogens with one attached hydrogen (secondary N) is 2. The smallest absolute Gasteiger partial charge is 0.191 e. The van der Waals surface area contributed by atoms with Gasteiger partial charge in [0.1, 0.15) is 0 Å². The maximum atomic E-state index is 4.91. The summed E-state index contributed by atoms with van der Waals surface area (Å²) in [6.45, 7) is 12.7. The van der Waals surface area contributed by atoms with Gasteiger partial charge in [0.15, 0.2) is 5.96 Å². The molecule has 168 valence electrons. The van der Waals surface area contributed by atoms with Crippen molar-refractivity contribution in [2.45, 2.75) is 19.8 Å². The fourth-order valence-corrected chi connectivity index (χ4v) is 4.12. The Morgan fingerprint density at radius 3 is 2.03 bits per heavy atom. The van der Waals surface area contributed by atoms with Gasteiger partial charge in [0.2, 0.25) is 0 Å². The Morgan fingerprint density at radius 1 is 0.903 bits per heavy atom. The second-order valence-electron chi connectivity index (χ2n) is 8.68. The van der Waals surface area contributed by atoms with Crippen LogP contribution in [0.5, 0.6) is 0 Å². The number of nitrogens with zero attached hydrogens (tertiary/aromatic N) is 3. The van der Waals surface area contributed by atoms with Crippen LogP contribution in [-0.4, -0.2) is 75.2 Å². The molecule has 5 heteroatoms. The summed E-state index contributed by atoms with van der Waals surface area (Å²) >= 11 is 0. The number of guanidine groups is 1. The highest BCUT2D eigenvalue weighted by atomic mass is 15.2. The molecule has 0 aliphatic carbocycles. The molecule has 0 radical (unpaired) electrons. The summed E-state index contributed by atoms with van der Waals surface area (Å²) in [5.74, 6) is 1.73. The van der Waals surface area contributed by atoms with Crippen molar-refractivity contribution in [2.75, 3.05) is 59.4 Å². The van der Waals surface area contributed by atoms with E-state index in [9.17, 15) is 0 Å². The summed E-state index contributed by atoms with van der Waals surface area (Å²) in [6, 6.07) is 21.5. The lowest BCUT2D eigenvalue weighted by molar-refractivity contribution is 0.140. The van der Waals surface area contributed by atoms with Gasteiger partial charge in [-0.25, -0.2) is 0 Å². The van der Waals surface area contributed by atoms with Crippen molar-refractivity contribution in [1.29, 1.82) is 0 Å². The molecule has 31 heavy (non-hydrogen) atoms. The Hall–Kier alpha value is -2.37. The van der Waals surface area contributed by atoms with Crippen LogP contribution in [0, 0.1) is 5.92 Å². The van der Waals surface area contributed by atoms with Crippen LogP contribution in [0.25, 0.3) is 0 Å². The Kier molecular flexibility index (Phi) is 9.38. The SMILES string of the molecule is CCNC(=NCC(C)CN1CCN(C)CC1)NCC(c1ccccc1)c1ccccc1. The molecule has 2 aromatic carbocycles. The van der Waals surface area contributed by atoms with Gasteiger partial charge in [-0.2, -0.15) is 0 Å². The van der Waals surface area contributed by atoms with Crippen LogP contribution in [-0.2, 0) is 0 Å². The maximum absolute atomic E-state index is 4.91. The quantitative estimate of drug-likeness (QED) is 0.482. The molecule has 1 aliphatic heterocycles. The molecule has 1 aliphatic rings. The molecule has 0 aromatic heterocycles. The van der Waals surface area contributed by atoms with Gasteiger partial charge in [0.05, 0.1) is 0 Å². The van der Waals surface area contributed by atoms with E-state index >= 15 is 0 Å². The van der Waals surface area contributed by atoms with Gasteiger partial charge >= 0.3 is 0 Å². The van der Waals surface area contributed by atoms with E-state index in [4.69, 9.17) is 4.99 Å². The van der Waals surface area contributed by atoms with Crippen molar-refractivity contribution in [2.24, 2.45) is 10.9 Å². The topological polar surface area (TPSA) is 42.9 Å². The second kappa shape index (κ2) is 12.5. The van der Waals surface area contributed by atoms with Crippen molar-refractivity contribution in [3.8, 4) is 0 Å². The molecule has 1 unspecified atom stereocenters. The normalized spacial score (nSPS) is 17.0. The van der Waals surface area contributed by atoms with Gasteiger partial charge < -0.3 is 20.4 Å². The minimum Gasteiger partial charge on any atom is -0.357 e. The molecule has 0 amide bonds. The predicted octanol–water partition coefficient (Wildman–Crippen LogP) is 3.26. The Labute approximate surface area is 188 Å². The fraction of sp³-hybridized carbons (Fsp3) is 0.500. The van der Waals surface area contributed by atoms with Gasteiger partial charge in [-0.1, -0.05) is 67.6 Å². The highest BCUT2D eigenvalue weighted by molar-refractivity contribution is 5.79. The van der Waals surface area contributed by atoms with Crippen molar-refractivity contribution in [3.63, 3.8) is 0 Å². The summed E-state index contributed by atoms with van der Waals surface area (Å²) in [6.07, 6.45) is 0. The first-order chi connectivity index (χ1) is 15.2. The molecule has 2 N–H and O–H groups in total. The highest BCUT2D eigenvalue weighted by Gasteiger charge is 2.17. The van der Waals surface area contributed by atoms with E-state index in [1.54, 1.807) is 0 Å². The van der Waals surface area contributed by atoms with E-state index < -0.39 is 0 Å². The van der Waals surface area contributed by atoms with E-state index in [1.807, 2.05) is 0 Å². The molecule has 1 saturated heterocycles. The van der Waals surface area contributed by atoms with Crippen LogP contribution in [0.4, 0.5) is 0 Å². The third-order valence-electron chi connectivity index (χ3n) is 5.95. The van der Waals surface area contributed by atoms with Gasteiger partial charge in [-0.05, 0) is 31.0 Å². The third kappa shape index (κ3) is 7.67. The first-order valence-corrected chi connectivity index (χ1v) is 11.7. The molecule has 5 nitrogen and oxygen atoms in total. The third-order valence-corrected chi connectivity index (χ3v) is 5.95. The number of piperazine rings is 1. The lowest BCUT2D eigenvalue weighted by Crippen LogP contribution is -2.46. The number of hydrogen-bond acceptors (Lipinski definition) is 3. The molecule has 3 rings (SSSR count). The van der Waals surface area contributed by atoms with Gasteiger partial charge in [0.25, 0.3) is 0 Å². The van der Waals surface area contributed by atoms with Crippen LogP contribution in [0.1, 0.15) is 30.9 Å². The van der Waals surface area contributed by atoms with Crippen molar-refractivity contribution < 1.29 is 0 Å². The number of benzene rings is 2. The molecule has 1 atom stereocenters. The average Bonchev–Trinajstić information content (AvgIpc) is 2.80. The van der Waals surface area contributed by atoms with Crippen molar-refractivity contribution >= 4 is 5.96 Å². The number of likely N-dealkylation sites (N-methyl/N-ethyl adjacent to an activating group) is 1. The zero-order valence-electron chi connectivity index (χ0n) is 19.4. The molecule has 2 aromatic rings. The first-order valence-electron chi connectivity index (χ1n) is 11.7. The molecule has 0 bridgehead atoms. The second-order valence-corrected chi connectivity index (χ2v) is 8.68. The number of hydrogen-bond donors (Lipinski definition) is 2. The number of rotatable bonds is 9. The first kappa shape index (κ1) is 23.3. The molecule has 1 fully saturated rings. The highest BCUT2D eigenvalue weighted by Crippen LogP contribution is 2.23. The maximum Gasteiger partial charge on any atom is 0.191 e. The lowest BCUT2D eigenvalue weighted by atomic mass is 9.91. The van der Waals surface area contributed by atoms with Crippen molar-refractivity contribution in [1.82, 2.24) is 20.4 Å². The summed E-state index contributed by atoms with van der Waals surface area (Å²) in [4.78, 5) is 9.89. The summed E-state index contributed by atoms with van der Waals surface area (Å²) < 4.78 is 0. The predicted molar refractivity (Wildman–Crippen MR) is 132 cm³/mol. The molecule has 0 spiro atoms. The largest absolute Gasteiger partial charge is 0.357 e. The Morgan fingerprint density at radius 2 is 1.48 bits per heavy atom. The average molecular weight is 422 g/mol. The molecule has 0 saturated carbocycles. The van der Waals surface area contributed by atoms with Gasteiger partial charge in [0, 0.05) is 58.3 Å². The van der Waals surface area contributed by atoms with Crippen LogP contribution in [0.15, 0.2) is 65.7 Å². The molecular formula is C26H39N5. The van der Waals surface area contributed by atoms with E-state index in [0.29, 0.717) is 5.92 Å². The lowest BCUT2D eigenvalue weighted by Gasteiger charge is -2.33. The summed E-state index contributed by atoms with van der Waals surface area (Å²) in [5, 5.41) is 7.03. The standard InChI is InChI=1S/C26H39N5/c1-4-27-26(28-19-22(2)21-31-17-15-30(3)16-18-31)29-20-25(23-11-7-5-8-12-23)24-13-9-6-10-14-24/h5-14,22,25H,4,15-21H2,1-3H3,(H2,27,28,29). The minimum absolute atomic E-state index is 0.286. The van der Waals surface area contributed by atoms with Crippen LogP contribution in [0.3, 0.4) is 0 Å². The molecular weight excluding hydrogens is 382 g/mol. The van der Waals surface area contributed by atoms with Gasteiger partial charge in [-0.15, -0.1) is 0 Å². The van der Waals surface area contributed by atoms with Crippen LogP contribution < -0.4 is 10.6 Å². The number of aliphatic imine (C=N–C) groups is 1. The summed E-state index contributed by atoms with van der Waals surface area (Å²) in [5.41, 5.74) is 2.64. The van der Waals surface area contributed by atoms with Gasteiger partial charge in [-0.3, -0.25) is 4.99 Å². The van der Waals surface area contributed by atoms with E-state index in [2.05, 4.69) is 102 Å². The Balaban J connectivity index is 1.59. The summed E-state index contributed by atoms with van der Waals surface area (Å²) in [7, 11) is 2.21. The minimum atomic E-state index is 0.286. The molecule has 1 heterocycles. The van der Waals surface area contributed by atoms with E-state index in [-0.39, 0.29) is 5.92 Å². The van der Waals surface area contributed by atoms with Crippen molar-refractivity contribution in [3.05, 3.63) is 71.8 Å². The van der Waals surface area contributed by atoms with Crippen LogP contribution in [0.2, 0.25) is 0 Å². The fourth-order valence-electron chi connectivity index (χ4n) is 4.12. The zero-order valence-corrected chi connectivity index (χ0v) is 19.4. The van der Waals surface area contributed by atoms with E-state index in [1.165, 1.54) is 37.3 Å². The monoisotopic (exact) mass is 421 g/mol. The van der Waals surface area contributed by atoms with Crippen LogP contribution >= 0.6 is 0 Å².